The Morgan fingerprint density at radius 3 is 2.70 bits per heavy atom. The summed E-state index contributed by atoms with van der Waals surface area (Å²) in [7, 11) is 0. The van der Waals surface area contributed by atoms with Crippen LogP contribution in [-0.4, -0.2) is 4.98 Å². The molecule has 2 aromatic rings. The van der Waals surface area contributed by atoms with E-state index in [9.17, 15) is 0 Å². The second kappa shape index (κ2) is 7.10. The summed E-state index contributed by atoms with van der Waals surface area (Å²) in [6.45, 7) is 8.13. The number of fused-ring (bicyclic) bond motifs is 4. The van der Waals surface area contributed by atoms with Gasteiger partial charge in [0.25, 0.3) is 0 Å². The molecule has 0 aliphatic carbocycles. The first kappa shape index (κ1) is 15.3. The van der Waals surface area contributed by atoms with Gasteiger partial charge in [0.2, 0.25) is 0 Å². The predicted octanol–water partition coefficient (Wildman–Crippen LogP) is 5.37. The van der Waals surface area contributed by atoms with Crippen LogP contribution in [0.2, 0.25) is 0 Å². The first-order valence-electron chi connectivity index (χ1n) is 8.04. The fourth-order valence-corrected chi connectivity index (χ4v) is 2.81. The Hall–Kier alpha value is -2.61. The molecule has 1 N–H and O–H groups in total. The van der Waals surface area contributed by atoms with Crippen LogP contribution < -0.4 is 5.32 Å². The average Bonchev–Trinajstić information content (AvgIpc) is 2.57. The number of aryl methyl sites for hydroxylation is 2. The normalized spacial score (nSPS) is 17.4. The molecule has 2 nitrogen and oxygen atoms in total. The molecule has 4 bridgehead atoms. The molecule has 3 rings (SSSR count). The quantitative estimate of drug-likeness (QED) is 0.765. The van der Waals surface area contributed by atoms with Crippen LogP contribution in [0, 0.1) is 0 Å². The molecule has 1 aromatic heterocycles. The molecule has 0 spiro atoms. The molecule has 0 fully saturated rings. The van der Waals surface area contributed by atoms with Gasteiger partial charge in [-0.2, -0.15) is 0 Å². The number of nitrogens with zero attached hydrogens (tertiary/aromatic N) is 1. The topological polar surface area (TPSA) is 24.9 Å². The van der Waals surface area contributed by atoms with E-state index >= 15 is 0 Å². The highest BCUT2D eigenvalue weighted by molar-refractivity contribution is 5.57. The Labute approximate surface area is 138 Å². The van der Waals surface area contributed by atoms with Gasteiger partial charge >= 0.3 is 0 Å². The average molecular weight is 302 g/mol. The van der Waals surface area contributed by atoms with E-state index in [-0.39, 0.29) is 0 Å². The predicted molar refractivity (Wildman–Crippen MR) is 98.0 cm³/mol. The summed E-state index contributed by atoms with van der Waals surface area (Å²) < 4.78 is 0. The zero-order chi connectivity index (χ0) is 16.1. The van der Waals surface area contributed by atoms with E-state index in [0.29, 0.717) is 0 Å². The lowest BCUT2D eigenvalue weighted by Crippen LogP contribution is -1.98. The molecule has 1 aromatic carbocycles. The highest BCUT2D eigenvalue weighted by Gasteiger charge is 2.04. The van der Waals surface area contributed by atoms with Gasteiger partial charge in [0.05, 0.1) is 0 Å². The molecule has 1 aliphatic rings. The Kier molecular flexibility index (Phi) is 4.72. The molecule has 0 atom stereocenters. The van der Waals surface area contributed by atoms with Gasteiger partial charge in [-0.3, -0.25) is 0 Å². The van der Waals surface area contributed by atoms with E-state index in [1.807, 2.05) is 12.3 Å². The third-order valence-electron chi connectivity index (χ3n) is 4.11. The smallest absolute Gasteiger partial charge is 0.130 e. The number of hydrogen-bond donors (Lipinski definition) is 1. The Morgan fingerprint density at radius 2 is 1.83 bits per heavy atom. The van der Waals surface area contributed by atoms with Crippen molar-refractivity contribution in [3.8, 4) is 0 Å². The standard InChI is InChI=1S/C21H22N2/c1-3-17-9-10-19-11-12-22-21(15-19)23-20-6-4-5-18(14-20)8-7-16(2)13-17/h3-6,11-15H,1-2,7-10H2,(H,22,23)/b17-13+. The first-order valence-corrected chi connectivity index (χ1v) is 8.04. The lowest BCUT2D eigenvalue weighted by atomic mass is 9.99. The van der Waals surface area contributed by atoms with Crippen LogP contribution in [-0.2, 0) is 12.8 Å². The Bertz CT molecular complexity index is 756. The van der Waals surface area contributed by atoms with Crippen LogP contribution in [0.15, 0.2) is 79.1 Å². The van der Waals surface area contributed by atoms with Crippen LogP contribution in [0.1, 0.15) is 24.0 Å². The maximum absolute atomic E-state index is 4.42. The van der Waals surface area contributed by atoms with Crippen molar-refractivity contribution in [3.05, 3.63) is 90.2 Å². The van der Waals surface area contributed by atoms with E-state index < -0.39 is 0 Å². The van der Waals surface area contributed by atoms with Gasteiger partial charge < -0.3 is 5.32 Å². The number of aromatic nitrogens is 1. The van der Waals surface area contributed by atoms with Gasteiger partial charge in [-0.1, -0.05) is 43.0 Å². The van der Waals surface area contributed by atoms with Crippen molar-refractivity contribution in [1.82, 2.24) is 4.98 Å². The Balaban J connectivity index is 1.96. The van der Waals surface area contributed by atoms with Crippen molar-refractivity contribution in [2.24, 2.45) is 0 Å². The number of pyridine rings is 1. The monoisotopic (exact) mass is 302 g/mol. The van der Waals surface area contributed by atoms with Crippen molar-refractivity contribution in [1.29, 1.82) is 0 Å². The maximum atomic E-state index is 4.42. The zero-order valence-electron chi connectivity index (χ0n) is 13.4. The molecular weight excluding hydrogens is 280 g/mol. The highest BCUT2D eigenvalue weighted by atomic mass is 15.0. The van der Waals surface area contributed by atoms with Crippen LogP contribution in [0.4, 0.5) is 11.5 Å². The molecule has 2 heterocycles. The minimum absolute atomic E-state index is 0.894. The summed E-state index contributed by atoms with van der Waals surface area (Å²) in [4.78, 5) is 4.42. The largest absolute Gasteiger partial charge is 0.340 e. The van der Waals surface area contributed by atoms with Crippen LogP contribution in [0.5, 0.6) is 0 Å². The SMILES string of the molecule is C=C/C1=C\C(=C)CCc2cccc(c2)Nc2cc(ccn2)CC1. The number of hydrogen-bond acceptors (Lipinski definition) is 2. The van der Waals surface area contributed by atoms with E-state index in [1.165, 1.54) is 16.7 Å². The molecule has 0 saturated carbocycles. The second-order valence-electron chi connectivity index (χ2n) is 5.96. The number of anilines is 2. The van der Waals surface area contributed by atoms with Crippen molar-refractivity contribution in [2.75, 3.05) is 5.32 Å². The van der Waals surface area contributed by atoms with Gasteiger partial charge in [0, 0.05) is 11.9 Å². The molecule has 0 unspecified atom stereocenters. The maximum Gasteiger partial charge on any atom is 0.130 e. The molecule has 0 radical (unpaired) electrons. The number of allylic oxidation sites excluding steroid dienone is 4. The molecule has 23 heavy (non-hydrogen) atoms. The van der Waals surface area contributed by atoms with Gasteiger partial charge in [-0.05, 0) is 66.6 Å². The number of benzene rings is 1. The third kappa shape index (κ3) is 4.19. The van der Waals surface area contributed by atoms with Gasteiger partial charge in [-0.25, -0.2) is 4.98 Å². The molecule has 1 aliphatic heterocycles. The van der Waals surface area contributed by atoms with E-state index in [2.05, 4.69) is 65.9 Å². The summed E-state index contributed by atoms with van der Waals surface area (Å²) in [5.41, 5.74) is 6.06. The fourth-order valence-electron chi connectivity index (χ4n) is 2.81. The summed E-state index contributed by atoms with van der Waals surface area (Å²) in [6, 6.07) is 12.7. The van der Waals surface area contributed by atoms with Gasteiger partial charge in [0.1, 0.15) is 5.82 Å². The highest BCUT2D eigenvalue weighted by Crippen LogP contribution is 2.21. The Morgan fingerprint density at radius 1 is 1.00 bits per heavy atom. The third-order valence-corrected chi connectivity index (χ3v) is 4.11. The lowest BCUT2D eigenvalue weighted by Gasteiger charge is -2.11. The summed E-state index contributed by atoms with van der Waals surface area (Å²) in [6.07, 6.45) is 9.89. The molecule has 2 heteroatoms. The minimum atomic E-state index is 0.894. The van der Waals surface area contributed by atoms with Crippen LogP contribution >= 0.6 is 0 Å². The zero-order valence-corrected chi connectivity index (χ0v) is 13.4. The van der Waals surface area contributed by atoms with Crippen molar-refractivity contribution in [2.45, 2.75) is 25.7 Å². The molecular formula is C21H22N2. The van der Waals surface area contributed by atoms with Crippen LogP contribution in [0.3, 0.4) is 0 Å². The van der Waals surface area contributed by atoms with E-state index in [0.717, 1.165) is 42.8 Å². The molecule has 116 valence electrons. The van der Waals surface area contributed by atoms with Crippen molar-refractivity contribution in [3.63, 3.8) is 0 Å². The second-order valence-corrected chi connectivity index (χ2v) is 5.96. The number of rotatable bonds is 1. The minimum Gasteiger partial charge on any atom is -0.340 e. The lowest BCUT2D eigenvalue weighted by molar-refractivity contribution is 0.938. The van der Waals surface area contributed by atoms with Gasteiger partial charge in [0.15, 0.2) is 0 Å². The van der Waals surface area contributed by atoms with Crippen molar-refractivity contribution < 1.29 is 0 Å². The fraction of sp³-hybridized carbons (Fsp3) is 0.190. The summed E-state index contributed by atoms with van der Waals surface area (Å²) in [5.74, 6) is 0.894. The van der Waals surface area contributed by atoms with E-state index in [4.69, 9.17) is 0 Å². The van der Waals surface area contributed by atoms with Crippen molar-refractivity contribution >= 4 is 11.5 Å². The number of nitrogens with one attached hydrogen (secondary N) is 1. The molecule has 0 saturated heterocycles. The summed E-state index contributed by atoms with van der Waals surface area (Å²) >= 11 is 0. The van der Waals surface area contributed by atoms with Gasteiger partial charge in [-0.15, -0.1) is 0 Å². The van der Waals surface area contributed by atoms with Crippen LogP contribution in [0.25, 0.3) is 0 Å². The first-order chi connectivity index (χ1) is 11.2. The molecule has 0 amide bonds. The summed E-state index contributed by atoms with van der Waals surface area (Å²) in [5, 5.41) is 3.41. The van der Waals surface area contributed by atoms with E-state index in [1.54, 1.807) is 0 Å².